The first kappa shape index (κ1) is 13.6. The van der Waals surface area contributed by atoms with Gasteiger partial charge in [-0.3, -0.25) is 0 Å². The van der Waals surface area contributed by atoms with Crippen LogP contribution in [0.2, 0.25) is 0 Å². The van der Waals surface area contributed by atoms with E-state index in [0.29, 0.717) is 11.8 Å². The van der Waals surface area contributed by atoms with Crippen LogP contribution in [-0.4, -0.2) is 45.3 Å². The summed E-state index contributed by atoms with van der Waals surface area (Å²) in [6, 6.07) is -0.000828. The van der Waals surface area contributed by atoms with Crippen LogP contribution in [0.4, 0.5) is 4.79 Å². The van der Waals surface area contributed by atoms with E-state index < -0.39 is 0 Å². The van der Waals surface area contributed by atoms with Crippen LogP contribution in [0, 0.1) is 11.8 Å². The number of carbonyl (C=O) groups excluding carboxylic acids is 1. The molecule has 1 atom stereocenters. The van der Waals surface area contributed by atoms with E-state index in [0.717, 1.165) is 39.3 Å². The molecule has 0 aromatic heterocycles. The molecular weight excluding hydrogens is 228 g/mol. The van der Waals surface area contributed by atoms with E-state index in [9.17, 15) is 4.79 Å². The minimum atomic E-state index is -0.000828. The van der Waals surface area contributed by atoms with Gasteiger partial charge in [-0.2, -0.15) is 0 Å². The molecule has 2 heterocycles. The zero-order valence-corrected chi connectivity index (χ0v) is 11.1. The quantitative estimate of drug-likeness (QED) is 0.583. The number of amides is 2. The Morgan fingerprint density at radius 3 is 2.33 bits per heavy atom. The molecule has 5 heteroatoms. The molecule has 2 saturated heterocycles. The van der Waals surface area contributed by atoms with Crippen molar-refractivity contribution in [3.05, 3.63) is 0 Å². The summed E-state index contributed by atoms with van der Waals surface area (Å²) in [6.07, 6.45) is 4.80. The van der Waals surface area contributed by atoms with Gasteiger partial charge < -0.3 is 21.3 Å². The van der Waals surface area contributed by atoms with Crippen molar-refractivity contribution in [3.63, 3.8) is 0 Å². The highest BCUT2D eigenvalue weighted by atomic mass is 16.2. The lowest BCUT2D eigenvalue weighted by molar-refractivity contribution is 0.233. The van der Waals surface area contributed by atoms with Gasteiger partial charge in [-0.05, 0) is 63.7 Å². The smallest absolute Gasteiger partial charge is 0.314 e. The van der Waals surface area contributed by atoms with Gasteiger partial charge in [-0.15, -0.1) is 0 Å². The third-order valence-electron chi connectivity index (χ3n) is 3.96. The average Bonchev–Trinajstić information content (AvgIpc) is 2.45. The molecule has 2 aliphatic heterocycles. The summed E-state index contributed by atoms with van der Waals surface area (Å²) in [5.41, 5.74) is 0. The molecule has 104 valence electrons. The molecule has 0 aromatic carbocycles. The van der Waals surface area contributed by atoms with Gasteiger partial charge in [-0.1, -0.05) is 0 Å². The fraction of sp³-hybridized carbons (Fsp3) is 0.923. The molecule has 2 rings (SSSR count). The standard InChI is InChI=1S/C13H26N4O/c18-13(16-9-11-3-6-14-7-4-11)17-10-12-2-1-5-15-8-12/h11-12,14-15H,1-10H2,(H2,16,17,18). The molecule has 0 aromatic rings. The second-order valence-corrected chi connectivity index (χ2v) is 5.50. The molecule has 0 bridgehead atoms. The average molecular weight is 254 g/mol. The van der Waals surface area contributed by atoms with Crippen LogP contribution in [0.15, 0.2) is 0 Å². The van der Waals surface area contributed by atoms with Crippen molar-refractivity contribution in [2.45, 2.75) is 25.7 Å². The first-order valence-electron chi connectivity index (χ1n) is 7.27. The Labute approximate surface area is 109 Å². The topological polar surface area (TPSA) is 65.2 Å². The Kier molecular flexibility index (Phi) is 5.74. The lowest BCUT2D eigenvalue weighted by atomic mass is 9.98. The number of hydrogen-bond acceptors (Lipinski definition) is 3. The Bertz CT molecular complexity index is 223. The molecule has 18 heavy (non-hydrogen) atoms. The van der Waals surface area contributed by atoms with Gasteiger partial charge in [0, 0.05) is 13.1 Å². The third-order valence-corrected chi connectivity index (χ3v) is 3.96. The first-order valence-corrected chi connectivity index (χ1v) is 7.27. The van der Waals surface area contributed by atoms with Crippen LogP contribution in [-0.2, 0) is 0 Å². The van der Waals surface area contributed by atoms with Crippen molar-refractivity contribution < 1.29 is 4.79 Å². The van der Waals surface area contributed by atoms with Crippen molar-refractivity contribution in [1.82, 2.24) is 21.3 Å². The molecule has 1 unspecified atom stereocenters. The molecule has 2 fully saturated rings. The zero-order chi connectivity index (χ0) is 12.6. The number of piperidine rings is 2. The Balaban J connectivity index is 1.54. The fourth-order valence-electron chi connectivity index (χ4n) is 2.72. The lowest BCUT2D eigenvalue weighted by Gasteiger charge is -2.24. The van der Waals surface area contributed by atoms with Crippen molar-refractivity contribution in [2.24, 2.45) is 11.8 Å². The summed E-state index contributed by atoms with van der Waals surface area (Å²) in [5, 5.41) is 12.7. The molecular formula is C13H26N4O. The number of carbonyl (C=O) groups is 1. The zero-order valence-electron chi connectivity index (χ0n) is 11.1. The monoisotopic (exact) mass is 254 g/mol. The van der Waals surface area contributed by atoms with E-state index in [1.165, 1.54) is 25.7 Å². The van der Waals surface area contributed by atoms with Crippen LogP contribution in [0.5, 0.6) is 0 Å². The summed E-state index contributed by atoms with van der Waals surface area (Å²) in [5.74, 6) is 1.25. The normalized spacial score (nSPS) is 25.7. The van der Waals surface area contributed by atoms with Gasteiger partial charge in [0.1, 0.15) is 0 Å². The van der Waals surface area contributed by atoms with Crippen molar-refractivity contribution in [3.8, 4) is 0 Å². The minimum Gasteiger partial charge on any atom is -0.338 e. The summed E-state index contributed by atoms with van der Waals surface area (Å²) >= 11 is 0. The van der Waals surface area contributed by atoms with Gasteiger partial charge in [-0.25, -0.2) is 4.79 Å². The van der Waals surface area contributed by atoms with Crippen LogP contribution >= 0.6 is 0 Å². The van der Waals surface area contributed by atoms with E-state index in [1.54, 1.807) is 0 Å². The van der Waals surface area contributed by atoms with Gasteiger partial charge in [0.05, 0.1) is 0 Å². The van der Waals surface area contributed by atoms with Crippen molar-refractivity contribution >= 4 is 6.03 Å². The second kappa shape index (κ2) is 7.59. The van der Waals surface area contributed by atoms with Crippen molar-refractivity contribution in [2.75, 3.05) is 39.3 Å². The summed E-state index contributed by atoms with van der Waals surface area (Å²) in [4.78, 5) is 11.7. The summed E-state index contributed by atoms with van der Waals surface area (Å²) in [6.45, 7) is 5.94. The van der Waals surface area contributed by atoms with E-state index in [-0.39, 0.29) is 6.03 Å². The molecule has 0 saturated carbocycles. The Morgan fingerprint density at radius 2 is 1.67 bits per heavy atom. The maximum Gasteiger partial charge on any atom is 0.314 e. The molecule has 2 aliphatic rings. The van der Waals surface area contributed by atoms with Crippen LogP contribution in [0.25, 0.3) is 0 Å². The predicted molar refractivity (Wildman–Crippen MR) is 72.6 cm³/mol. The van der Waals surface area contributed by atoms with Crippen LogP contribution < -0.4 is 21.3 Å². The SMILES string of the molecule is O=C(NCC1CCNCC1)NCC1CCCNC1. The summed E-state index contributed by atoms with van der Waals surface area (Å²) < 4.78 is 0. The van der Waals surface area contributed by atoms with Crippen LogP contribution in [0.1, 0.15) is 25.7 Å². The second-order valence-electron chi connectivity index (χ2n) is 5.50. The number of hydrogen-bond donors (Lipinski definition) is 4. The van der Waals surface area contributed by atoms with E-state index in [2.05, 4.69) is 21.3 Å². The molecule has 0 aliphatic carbocycles. The minimum absolute atomic E-state index is 0.000828. The molecule has 0 radical (unpaired) electrons. The highest BCUT2D eigenvalue weighted by Crippen LogP contribution is 2.10. The van der Waals surface area contributed by atoms with Gasteiger partial charge in [0.15, 0.2) is 0 Å². The van der Waals surface area contributed by atoms with E-state index in [4.69, 9.17) is 0 Å². The van der Waals surface area contributed by atoms with Crippen LogP contribution in [0.3, 0.4) is 0 Å². The van der Waals surface area contributed by atoms with Gasteiger partial charge >= 0.3 is 6.03 Å². The largest absolute Gasteiger partial charge is 0.338 e. The Hall–Kier alpha value is -0.810. The molecule has 2 amide bonds. The fourth-order valence-corrected chi connectivity index (χ4v) is 2.72. The molecule has 0 spiro atoms. The lowest BCUT2D eigenvalue weighted by Crippen LogP contribution is -2.44. The summed E-state index contributed by atoms with van der Waals surface area (Å²) in [7, 11) is 0. The van der Waals surface area contributed by atoms with Gasteiger partial charge in [0.25, 0.3) is 0 Å². The highest BCUT2D eigenvalue weighted by molar-refractivity contribution is 5.73. The number of rotatable bonds is 4. The van der Waals surface area contributed by atoms with E-state index >= 15 is 0 Å². The number of urea groups is 1. The Morgan fingerprint density at radius 1 is 0.944 bits per heavy atom. The predicted octanol–water partition coefficient (Wildman–Crippen LogP) is 0.285. The molecule has 5 nitrogen and oxygen atoms in total. The van der Waals surface area contributed by atoms with Crippen molar-refractivity contribution in [1.29, 1.82) is 0 Å². The highest BCUT2D eigenvalue weighted by Gasteiger charge is 2.15. The molecule has 4 N–H and O–H groups in total. The maximum absolute atomic E-state index is 11.7. The maximum atomic E-state index is 11.7. The van der Waals surface area contributed by atoms with Gasteiger partial charge in [0.2, 0.25) is 0 Å². The number of nitrogens with one attached hydrogen (secondary N) is 4. The van der Waals surface area contributed by atoms with E-state index in [1.807, 2.05) is 0 Å². The first-order chi connectivity index (χ1) is 8.84. The third kappa shape index (κ3) is 4.82.